The zero-order valence-electron chi connectivity index (χ0n) is 13.2. The number of hydrogen-bond acceptors (Lipinski definition) is 3. The maximum atomic E-state index is 11.8. The van der Waals surface area contributed by atoms with Crippen molar-refractivity contribution in [1.29, 1.82) is 0 Å². The van der Waals surface area contributed by atoms with E-state index >= 15 is 0 Å². The fraction of sp³-hybridized carbons (Fsp3) is 0.588. The van der Waals surface area contributed by atoms with Gasteiger partial charge in [-0.3, -0.25) is 0 Å². The lowest BCUT2D eigenvalue weighted by atomic mass is 9.93. The van der Waals surface area contributed by atoms with Gasteiger partial charge in [0.1, 0.15) is 5.60 Å². The molecule has 0 saturated carbocycles. The van der Waals surface area contributed by atoms with Crippen molar-refractivity contribution in [3.8, 4) is 0 Å². The smallest absolute Gasteiger partial charge is 0.407 e. The van der Waals surface area contributed by atoms with Gasteiger partial charge in [-0.1, -0.05) is 30.7 Å². The number of nitrogens with one attached hydrogen (secondary N) is 2. The molecule has 2 rings (SSSR count). The Morgan fingerprint density at radius 1 is 1.33 bits per heavy atom. The quantitative estimate of drug-likeness (QED) is 0.895. The highest BCUT2D eigenvalue weighted by Gasteiger charge is 2.19. The first-order chi connectivity index (χ1) is 9.96. The molecule has 1 fully saturated rings. The Hall–Kier alpha value is -1.55. The number of piperidine rings is 1. The van der Waals surface area contributed by atoms with E-state index in [2.05, 4.69) is 28.8 Å². The Labute approximate surface area is 127 Å². The summed E-state index contributed by atoms with van der Waals surface area (Å²) in [6, 6.07) is 8.69. The normalized spacial score (nSPS) is 19.1. The monoisotopic (exact) mass is 290 g/mol. The van der Waals surface area contributed by atoms with E-state index in [4.69, 9.17) is 4.74 Å². The summed E-state index contributed by atoms with van der Waals surface area (Å²) in [4.78, 5) is 11.8. The Kier molecular flexibility index (Phi) is 5.23. The second kappa shape index (κ2) is 6.94. The summed E-state index contributed by atoms with van der Waals surface area (Å²) in [5, 5.41) is 6.40. The fourth-order valence-corrected chi connectivity index (χ4v) is 2.63. The number of ether oxygens (including phenoxy) is 1. The molecule has 21 heavy (non-hydrogen) atoms. The van der Waals surface area contributed by atoms with Crippen LogP contribution >= 0.6 is 0 Å². The van der Waals surface area contributed by atoms with Crippen LogP contribution in [0.5, 0.6) is 0 Å². The van der Waals surface area contributed by atoms with E-state index in [9.17, 15) is 4.79 Å². The molecule has 0 radical (unpaired) electrons. The summed E-state index contributed by atoms with van der Waals surface area (Å²) in [6.45, 7) is 7.17. The molecular weight excluding hydrogens is 264 g/mol. The minimum absolute atomic E-state index is 0.367. The minimum atomic E-state index is -0.464. The van der Waals surface area contributed by atoms with E-state index in [-0.39, 0.29) is 6.09 Å². The topological polar surface area (TPSA) is 50.4 Å². The number of hydrogen-bond donors (Lipinski definition) is 2. The van der Waals surface area contributed by atoms with E-state index in [1.54, 1.807) is 0 Å². The Morgan fingerprint density at radius 3 is 2.76 bits per heavy atom. The van der Waals surface area contributed by atoms with Gasteiger partial charge in [0, 0.05) is 12.6 Å². The second-order valence-electron chi connectivity index (χ2n) is 6.56. The van der Waals surface area contributed by atoms with Gasteiger partial charge in [0.15, 0.2) is 0 Å². The first-order valence-electron chi connectivity index (χ1n) is 7.74. The molecule has 1 amide bonds. The molecule has 0 bridgehead atoms. The molecular formula is C17H26N2O2. The van der Waals surface area contributed by atoms with Crippen LogP contribution < -0.4 is 10.6 Å². The van der Waals surface area contributed by atoms with Gasteiger partial charge < -0.3 is 15.4 Å². The molecule has 0 aromatic heterocycles. The van der Waals surface area contributed by atoms with Gasteiger partial charge >= 0.3 is 6.09 Å². The molecule has 4 heteroatoms. The van der Waals surface area contributed by atoms with Crippen molar-refractivity contribution in [2.24, 2.45) is 0 Å². The third-order valence-electron chi connectivity index (χ3n) is 3.56. The van der Waals surface area contributed by atoms with Crippen LogP contribution in [-0.4, -0.2) is 18.2 Å². The fourth-order valence-electron chi connectivity index (χ4n) is 2.63. The Morgan fingerprint density at radius 2 is 2.10 bits per heavy atom. The third-order valence-corrected chi connectivity index (χ3v) is 3.56. The van der Waals surface area contributed by atoms with Crippen molar-refractivity contribution in [3.05, 3.63) is 35.4 Å². The van der Waals surface area contributed by atoms with E-state index < -0.39 is 5.60 Å². The van der Waals surface area contributed by atoms with Crippen molar-refractivity contribution in [1.82, 2.24) is 10.6 Å². The summed E-state index contributed by atoms with van der Waals surface area (Å²) in [5.41, 5.74) is 1.98. The van der Waals surface area contributed by atoms with Crippen LogP contribution in [0.15, 0.2) is 24.3 Å². The third kappa shape index (κ3) is 5.05. The number of alkyl carbamates (subject to hydrolysis) is 1. The van der Waals surface area contributed by atoms with Crippen LogP contribution in [0.25, 0.3) is 0 Å². The second-order valence-corrected chi connectivity index (χ2v) is 6.56. The zero-order valence-corrected chi connectivity index (χ0v) is 13.2. The highest BCUT2D eigenvalue weighted by atomic mass is 16.6. The van der Waals surface area contributed by atoms with Gasteiger partial charge in [0.2, 0.25) is 0 Å². The van der Waals surface area contributed by atoms with Crippen molar-refractivity contribution < 1.29 is 9.53 Å². The van der Waals surface area contributed by atoms with Gasteiger partial charge in [-0.2, -0.15) is 0 Å². The molecule has 1 aliphatic rings. The molecule has 1 aromatic rings. The maximum absolute atomic E-state index is 11.8. The van der Waals surface area contributed by atoms with Crippen molar-refractivity contribution in [2.45, 2.75) is 58.2 Å². The van der Waals surface area contributed by atoms with Gasteiger partial charge in [-0.05, 0) is 51.3 Å². The maximum Gasteiger partial charge on any atom is 0.407 e. The lowest BCUT2D eigenvalue weighted by Crippen LogP contribution is -2.33. The van der Waals surface area contributed by atoms with Crippen LogP contribution in [-0.2, 0) is 11.3 Å². The molecule has 0 spiro atoms. The van der Waals surface area contributed by atoms with Gasteiger partial charge in [-0.25, -0.2) is 4.79 Å². The Balaban J connectivity index is 1.98. The van der Waals surface area contributed by atoms with Gasteiger partial charge in [-0.15, -0.1) is 0 Å². The average molecular weight is 290 g/mol. The standard InChI is InChI=1S/C17H26N2O2/c1-17(2,3)21-16(20)19-12-13-8-4-5-9-14(13)15-10-6-7-11-18-15/h4-5,8-9,15,18H,6-7,10-12H2,1-3H3,(H,19,20). The lowest BCUT2D eigenvalue weighted by Gasteiger charge is -2.26. The van der Waals surface area contributed by atoms with Crippen LogP contribution in [0.4, 0.5) is 4.79 Å². The summed E-state index contributed by atoms with van der Waals surface area (Å²) in [5.74, 6) is 0. The predicted molar refractivity (Wildman–Crippen MR) is 84.1 cm³/mol. The van der Waals surface area contributed by atoms with Gasteiger partial charge in [0.05, 0.1) is 0 Å². The average Bonchev–Trinajstić information content (AvgIpc) is 2.45. The molecule has 2 N–H and O–H groups in total. The van der Waals surface area contributed by atoms with Gasteiger partial charge in [0.25, 0.3) is 0 Å². The van der Waals surface area contributed by atoms with Crippen LogP contribution in [0.1, 0.15) is 57.2 Å². The summed E-state index contributed by atoms with van der Waals surface area (Å²) in [6.07, 6.45) is 3.29. The largest absolute Gasteiger partial charge is 0.444 e. The highest BCUT2D eigenvalue weighted by molar-refractivity contribution is 5.67. The minimum Gasteiger partial charge on any atom is -0.444 e. The highest BCUT2D eigenvalue weighted by Crippen LogP contribution is 2.25. The van der Waals surface area contributed by atoms with Crippen molar-refractivity contribution in [3.63, 3.8) is 0 Å². The summed E-state index contributed by atoms with van der Waals surface area (Å²) < 4.78 is 5.28. The molecule has 1 unspecified atom stereocenters. The molecule has 4 nitrogen and oxygen atoms in total. The number of benzene rings is 1. The number of amides is 1. The summed E-state index contributed by atoms with van der Waals surface area (Å²) in [7, 11) is 0. The van der Waals surface area contributed by atoms with E-state index in [1.807, 2.05) is 26.8 Å². The summed E-state index contributed by atoms with van der Waals surface area (Å²) >= 11 is 0. The van der Waals surface area contributed by atoms with E-state index in [1.165, 1.54) is 18.4 Å². The van der Waals surface area contributed by atoms with E-state index in [0.29, 0.717) is 12.6 Å². The number of carbonyl (C=O) groups is 1. The molecule has 1 aliphatic heterocycles. The molecule has 1 aromatic carbocycles. The van der Waals surface area contributed by atoms with E-state index in [0.717, 1.165) is 18.5 Å². The van der Waals surface area contributed by atoms with Crippen molar-refractivity contribution >= 4 is 6.09 Å². The lowest BCUT2D eigenvalue weighted by molar-refractivity contribution is 0.0523. The first kappa shape index (κ1) is 15.8. The first-order valence-corrected chi connectivity index (χ1v) is 7.74. The number of carbonyl (C=O) groups excluding carboxylic acids is 1. The zero-order chi connectivity index (χ0) is 15.3. The number of rotatable bonds is 3. The molecule has 1 atom stereocenters. The molecule has 1 heterocycles. The SMILES string of the molecule is CC(C)(C)OC(=O)NCc1ccccc1C1CCCCN1. The van der Waals surface area contributed by atoms with Crippen LogP contribution in [0.3, 0.4) is 0 Å². The molecule has 0 aliphatic carbocycles. The molecule has 1 saturated heterocycles. The predicted octanol–water partition coefficient (Wildman–Crippen LogP) is 3.53. The van der Waals surface area contributed by atoms with Crippen LogP contribution in [0.2, 0.25) is 0 Å². The Bertz CT molecular complexity index is 474. The van der Waals surface area contributed by atoms with Crippen LogP contribution in [0, 0.1) is 0 Å². The molecule has 116 valence electrons. The van der Waals surface area contributed by atoms with Crippen molar-refractivity contribution in [2.75, 3.05) is 6.54 Å².